The number of nitrogens with zero attached hydrogens (tertiary/aromatic N) is 2. The topological polar surface area (TPSA) is 37.8 Å². The molecule has 0 spiro atoms. The molecule has 0 saturated carbocycles. The number of rotatable bonds is 4. The summed E-state index contributed by atoms with van der Waals surface area (Å²) in [5.41, 5.74) is 2.67. The van der Waals surface area contributed by atoms with Gasteiger partial charge in [0.2, 0.25) is 0 Å². The fourth-order valence-corrected chi connectivity index (χ4v) is 3.38. The van der Waals surface area contributed by atoms with Gasteiger partial charge in [0, 0.05) is 0 Å². The molecular formula is C13H21N3S. The van der Waals surface area contributed by atoms with Gasteiger partial charge >= 0.3 is 0 Å². The van der Waals surface area contributed by atoms with Crippen LogP contribution in [0.15, 0.2) is 11.6 Å². The summed E-state index contributed by atoms with van der Waals surface area (Å²) in [7, 11) is 2.03. The van der Waals surface area contributed by atoms with E-state index in [1.54, 1.807) is 0 Å². The van der Waals surface area contributed by atoms with Crippen molar-refractivity contribution >= 4 is 11.5 Å². The second kappa shape index (κ2) is 5.74. The SMILES string of the molecule is CNC(C1=CCCCC1)c1snnc1C(C)C. The van der Waals surface area contributed by atoms with E-state index < -0.39 is 0 Å². The average Bonchev–Trinajstić information content (AvgIpc) is 2.81. The average molecular weight is 251 g/mol. The van der Waals surface area contributed by atoms with Crippen LogP contribution in [0.1, 0.15) is 62.1 Å². The van der Waals surface area contributed by atoms with Crippen molar-refractivity contribution in [1.82, 2.24) is 14.9 Å². The molecule has 94 valence electrons. The van der Waals surface area contributed by atoms with Crippen molar-refractivity contribution in [3.63, 3.8) is 0 Å². The maximum absolute atomic E-state index is 4.28. The summed E-state index contributed by atoms with van der Waals surface area (Å²) in [5.74, 6) is 0.448. The summed E-state index contributed by atoms with van der Waals surface area (Å²) in [6.45, 7) is 4.37. The molecule has 1 aliphatic carbocycles. The maximum Gasteiger partial charge on any atom is 0.0832 e. The molecule has 0 aromatic carbocycles. The predicted molar refractivity (Wildman–Crippen MR) is 72.3 cm³/mol. The number of aromatic nitrogens is 2. The Hall–Kier alpha value is -0.740. The number of nitrogens with one attached hydrogen (secondary N) is 1. The van der Waals surface area contributed by atoms with Crippen LogP contribution in [0.5, 0.6) is 0 Å². The van der Waals surface area contributed by atoms with Crippen LogP contribution in [-0.4, -0.2) is 16.6 Å². The molecule has 0 saturated heterocycles. The normalized spacial score (nSPS) is 18.2. The van der Waals surface area contributed by atoms with Crippen molar-refractivity contribution in [3.05, 3.63) is 22.2 Å². The van der Waals surface area contributed by atoms with Crippen molar-refractivity contribution in [3.8, 4) is 0 Å². The molecule has 3 nitrogen and oxygen atoms in total. The Morgan fingerprint density at radius 3 is 2.76 bits per heavy atom. The first-order chi connectivity index (χ1) is 8.24. The largest absolute Gasteiger partial charge is 0.309 e. The fraction of sp³-hybridized carbons (Fsp3) is 0.692. The molecule has 1 aromatic heterocycles. The number of hydrogen-bond donors (Lipinski definition) is 1. The van der Waals surface area contributed by atoms with Crippen LogP contribution in [0, 0.1) is 0 Å². The van der Waals surface area contributed by atoms with E-state index in [9.17, 15) is 0 Å². The van der Waals surface area contributed by atoms with Gasteiger partial charge < -0.3 is 5.32 Å². The summed E-state index contributed by atoms with van der Waals surface area (Å²) in [5, 5.41) is 7.71. The molecule has 0 bridgehead atoms. The number of hydrogen-bond acceptors (Lipinski definition) is 4. The number of allylic oxidation sites excluding steroid dienone is 1. The van der Waals surface area contributed by atoms with Gasteiger partial charge in [0.15, 0.2) is 0 Å². The summed E-state index contributed by atoms with van der Waals surface area (Å²) in [6, 6.07) is 0.327. The van der Waals surface area contributed by atoms with E-state index in [4.69, 9.17) is 0 Å². The van der Waals surface area contributed by atoms with E-state index in [1.807, 2.05) is 7.05 Å². The lowest BCUT2D eigenvalue weighted by atomic mass is 9.91. The second-order valence-corrected chi connectivity index (χ2v) is 5.71. The van der Waals surface area contributed by atoms with Crippen molar-refractivity contribution in [2.24, 2.45) is 0 Å². The Morgan fingerprint density at radius 2 is 2.18 bits per heavy atom. The first-order valence-electron chi connectivity index (χ1n) is 6.42. The van der Waals surface area contributed by atoms with Gasteiger partial charge in [0.05, 0.1) is 16.6 Å². The van der Waals surface area contributed by atoms with E-state index >= 15 is 0 Å². The van der Waals surface area contributed by atoms with Crippen LogP contribution in [0.4, 0.5) is 0 Å². The quantitative estimate of drug-likeness (QED) is 0.833. The summed E-state index contributed by atoms with van der Waals surface area (Å²) in [6.07, 6.45) is 7.47. The molecule has 1 atom stereocenters. The smallest absolute Gasteiger partial charge is 0.0832 e. The van der Waals surface area contributed by atoms with Gasteiger partial charge in [-0.05, 0) is 50.2 Å². The second-order valence-electron chi connectivity index (χ2n) is 4.92. The summed E-state index contributed by atoms with van der Waals surface area (Å²) >= 11 is 1.54. The molecule has 1 heterocycles. The molecule has 4 heteroatoms. The lowest BCUT2D eigenvalue weighted by Crippen LogP contribution is -2.20. The van der Waals surface area contributed by atoms with Crippen LogP contribution in [0.3, 0.4) is 0 Å². The third-order valence-electron chi connectivity index (χ3n) is 3.33. The highest BCUT2D eigenvalue weighted by molar-refractivity contribution is 7.05. The zero-order chi connectivity index (χ0) is 12.3. The minimum Gasteiger partial charge on any atom is -0.309 e. The van der Waals surface area contributed by atoms with E-state index in [0.717, 1.165) is 5.69 Å². The fourth-order valence-electron chi connectivity index (χ4n) is 2.42. The minimum absolute atomic E-state index is 0.327. The van der Waals surface area contributed by atoms with Gasteiger partial charge in [0.25, 0.3) is 0 Å². The van der Waals surface area contributed by atoms with Crippen molar-refractivity contribution in [2.45, 2.75) is 51.5 Å². The van der Waals surface area contributed by atoms with Gasteiger partial charge in [-0.3, -0.25) is 0 Å². The van der Waals surface area contributed by atoms with E-state index in [1.165, 1.54) is 47.7 Å². The molecule has 0 fully saturated rings. The molecule has 1 unspecified atom stereocenters. The molecule has 17 heavy (non-hydrogen) atoms. The first-order valence-corrected chi connectivity index (χ1v) is 7.19. The third kappa shape index (κ3) is 2.75. The Bertz CT molecular complexity index is 395. The van der Waals surface area contributed by atoms with E-state index in [0.29, 0.717) is 12.0 Å². The summed E-state index contributed by atoms with van der Waals surface area (Å²) < 4.78 is 4.13. The van der Waals surface area contributed by atoms with Crippen LogP contribution in [0.2, 0.25) is 0 Å². The first kappa shape index (κ1) is 12.7. The molecule has 0 radical (unpaired) electrons. The molecule has 1 aromatic rings. The Labute approximate surface area is 107 Å². The zero-order valence-electron chi connectivity index (χ0n) is 10.9. The Morgan fingerprint density at radius 1 is 1.35 bits per heavy atom. The monoisotopic (exact) mass is 251 g/mol. The minimum atomic E-state index is 0.327. The van der Waals surface area contributed by atoms with Gasteiger partial charge in [-0.2, -0.15) is 0 Å². The summed E-state index contributed by atoms with van der Waals surface area (Å²) in [4.78, 5) is 1.30. The van der Waals surface area contributed by atoms with Crippen LogP contribution < -0.4 is 5.32 Å². The van der Waals surface area contributed by atoms with Gasteiger partial charge in [0.1, 0.15) is 0 Å². The maximum atomic E-state index is 4.28. The van der Waals surface area contributed by atoms with Crippen molar-refractivity contribution in [2.75, 3.05) is 7.05 Å². The Kier molecular flexibility index (Phi) is 4.29. The van der Waals surface area contributed by atoms with Gasteiger partial charge in [-0.25, -0.2) is 0 Å². The lowest BCUT2D eigenvalue weighted by molar-refractivity contribution is 0.591. The van der Waals surface area contributed by atoms with Gasteiger partial charge in [-0.15, -0.1) is 5.10 Å². The third-order valence-corrected chi connectivity index (χ3v) is 4.14. The molecule has 1 N–H and O–H groups in total. The van der Waals surface area contributed by atoms with Crippen molar-refractivity contribution in [1.29, 1.82) is 0 Å². The standard InChI is InChI=1S/C13H21N3S/c1-9(2)11-13(17-16-15-11)12(14-3)10-7-5-4-6-8-10/h7,9,12,14H,4-6,8H2,1-3H3. The van der Waals surface area contributed by atoms with Gasteiger partial charge in [-0.1, -0.05) is 30.0 Å². The van der Waals surface area contributed by atoms with E-state index in [-0.39, 0.29) is 0 Å². The van der Waals surface area contributed by atoms with Crippen LogP contribution >= 0.6 is 11.5 Å². The van der Waals surface area contributed by atoms with Crippen molar-refractivity contribution < 1.29 is 0 Å². The molecular weight excluding hydrogens is 230 g/mol. The van der Waals surface area contributed by atoms with Crippen LogP contribution in [0.25, 0.3) is 0 Å². The molecule has 0 aliphatic heterocycles. The highest BCUT2D eigenvalue weighted by Crippen LogP contribution is 2.34. The predicted octanol–water partition coefficient (Wildman–Crippen LogP) is 3.42. The number of likely N-dealkylation sites (N-methyl/N-ethyl adjacent to an activating group) is 1. The molecule has 1 aliphatic rings. The lowest BCUT2D eigenvalue weighted by Gasteiger charge is -2.22. The molecule has 0 amide bonds. The zero-order valence-corrected chi connectivity index (χ0v) is 11.7. The highest BCUT2D eigenvalue weighted by Gasteiger charge is 2.23. The molecule has 2 rings (SSSR count). The van der Waals surface area contributed by atoms with E-state index in [2.05, 4.69) is 34.8 Å². The Balaban J connectivity index is 2.28. The highest BCUT2D eigenvalue weighted by atomic mass is 32.1. The van der Waals surface area contributed by atoms with Crippen LogP contribution in [-0.2, 0) is 0 Å².